The second kappa shape index (κ2) is 8.11. The lowest BCUT2D eigenvalue weighted by Gasteiger charge is -2.50. The van der Waals surface area contributed by atoms with Crippen molar-refractivity contribution in [2.24, 2.45) is 5.10 Å². The Balaban J connectivity index is 1.38. The summed E-state index contributed by atoms with van der Waals surface area (Å²) in [5.41, 5.74) is 4.32. The van der Waals surface area contributed by atoms with Crippen LogP contribution in [0.3, 0.4) is 0 Å². The molecule has 33 heavy (non-hydrogen) atoms. The summed E-state index contributed by atoms with van der Waals surface area (Å²) in [6.45, 7) is 0. The van der Waals surface area contributed by atoms with Gasteiger partial charge in [0.15, 0.2) is 17.2 Å². The molecule has 5 heteroatoms. The van der Waals surface area contributed by atoms with E-state index < -0.39 is 5.72 Å². The van der Waals surface area contributed by atoms with Crippen molar-refractivity contribution in [3.8, 4) is 11.5 Å². The molecule has 0 N–H and O–H groups in total. The summed E-state index contributed by atoms with van der Waals surface area (Å²) in [5.74, 6) is 2.24. The Morgan fingerprint density at radius 1 is 0.970 bits per heavy atom. The van der Waals surface area contributed by atoms with E-state index in [4.69, 9.17) is 26.2 Å². The lowest BCUT2D eigenvalue weighted by atomic mass is 9.78. The Hall–Kier alpha value is -2.98. The predicted octanol–water partition coefficient (Wildman–Crippen LogP) is 6.95. The topological polar surface area (TPSA) is 34.1 Å². The standard InChI is InChI=1S/C28H27ClN2O2/c1-32-26-9-5-8-23-25-18-24(21-10-12-22(29)13-11-21)30-31(25)28(33-27(23)26)16-14-20(15-17-28)19-6-3-2-4-7-19/h2-13,20,25H,14-18H2,1H3/t20?,25-,28?/m1/s1. The molecule has 168 valence electrons. The number of rotatable bonds is 3. The fourth-order valence-electron chi connectivity index (χ4n) is 5.71. The van der Waals surface area contributed by atoms with Gasteiger partial charge >= 0.3 is 0 Å². The number of hydrogen-bond donors (Lipinski definition) is 0. The molecule has 1 aliphatic carbocycles. The molecule has 1 spiro atoms. The molecule has 1 saturated carbocycles. The highest BCUT2D eigenvalue weighted by Gasteiger charge is 2.52. The van der Waals surface area contributed by atoms with Crippen LogP contribution in [0.15, 0.2) is 77.9 Å². The smallest absolute Gasteiger partial charge is 0.198 e. The van der Waals surface area contributed by atoms with Gasteiger partial charge in [-0.15, -0.1) is 0 Å². The van der Waals surface area contributed by atoms with Crippen LogP contribution in [0.25, 0.3) is 0 Å². The SMILES string of the molecule is COc1cccc2c1OC1(CCC(c3ccccc3)CC1)N1N=C(c3ccc(Cl)cc3)C[C@H]21. The normalized spacial score (nSPS) is 25.8. The summed E-state index contributed by atoms with van der Waals surface area (Å²) in [5, 5.41) is 8.18. The summed E-state index contributed by atoms with van der Waals surface area (Å²) in [6, 6.07) is 25.2. The van der Waals surface area contributed by atoms with Crippen LogP contribution in [0.1, 0.15) is 60.8 Å². The third kappa shape index (κ3) is 3.48. The molecule has 6 rings (SSSR count). The Morgan fingerprint density at radius 2 is 1.73 bits per heavy atom. The summed E-state index contributed by atoms with van der Waals surface area (Å²) >= 11 is 6.14. The molecule has 3 aromatic rings. The van der Waals surface area contributed by atoms with Crippen molar-refractivity contribution in [1.29, 1.82) is 0 Å². The molecule has 0 amide bonds. The van der Waals surface area contributed by atoms with E-state index in [1.807, 2.05) is 24.3 Å². The summed E-state index contributed by atoms with van der Waals surface area (Å²) < 4.78 is 12.6. The number of ether oxygens (including phenoxy) is 2. The van der Waals surface area contributed by atoms with E-state index >= 15 is 0 Å². The van der Waals surface area contributed by atoms with Crippen molar-refractivity contribution < 1.29 is 9.47 Å². The predicted molar refractivity (Wildman–Crippen MR) is 131 cm³/mol. The largest absolute Gasteiger partial charge is 0.493 e. The fraction of sp³-hybridized carbons (Fsp3) is 0.321. The van der Waals surface area contributed by atoms with Crippen molar-refractivity contribution in [2.75, 3.05) is 7.11 Å². The molecule has 0 unspecified atom stereocenters. The minimum absolute atomic E-state index is 0.141. The molecule has 4 nitrogen and oxygen atoms in total. The van der Waals surface area contributed by atoms with Crippen LogP contribution in [0.2, 0.25) is 5.02 Å². The highest BCUT2D eigenvalue weighted by atomic mass is 35.5. The van der Waals surface area contributed by atoms with Crippen LogP contribution in [-0.4, -0.2) is 23.6 Å². The van der Waals surface area contributed by atoms with Crippen molar-refractivity contribution >= 4 is 17.3 Å². The monoisotopic (exact) mass is 458 g/mol. The number of hydrazone groups is 1. The van der Waals surface area contributed by atoms with Gasteiger partial charge in [0.1, 0.15) is 0 Å². The average Bonchev–Trinajstić information content (AvgIpc) is 3.32. The van der Waals surface area contributed by atoms with E-state index in [1.54, 1.807) is 7.11 Å². The third-order valence-corrected chi connectivity index (χ3v) is 7.68. The minimum atomic E-state index is -0.453. The number of methoxy groups -OCH3 is 1. The second-order valence-corrected chi connectivity index (χ2v) is 9.67. The Labute approximate surface area is 199 Å². The van der Waals surface area contributed by atoms with Gasteiger partial charge in [-0.1, -0.05) is 66.2 Å². The molecule has 1 atom stereocenters. The molecule has 1 fully saturated rings. The van der Waals surface area contributed by atoms with Crippen LogP contribution >= 0.6 is 11.6 Å². The maximum atomic E-state index is 6.86. The number of hydrogen-bond acceptors (Lipinski definition) is 4. The molecule has 2 aliphatic heterocycles. The highest BCUT2D eigenvalue weighted by Crippen LogP contribution is 2.55. The summed E-state index contributed by atoms with van der Waals surface area (Å²) in [7, 11) is 1.72. The zero-order chi connectivity index (χ0) is 22.4. The molecule has 0 aromatic heterocycles. The number of halogens is 1. The van der Waals surface area contributed by atoms with Gasteiger partial charge in [0.05, 0.1) is 18.9 Å². The molecular weight excluding hydrogens is 432 g/mol. The van der Waals surface area contributed by atoms with Gasteiger partial charge in [0.25, 0.3) is 0 Å². The van der Waals surface area contributed by atoms with E-state index in [0.717, 1.165) is 65.5 Å². The molecular formula is C28H27ClN2O2. The first-order valence-corrected chi connectivity index (χ1v) is 12.1. The van der Waals surface area contributed by atoms with Gasteiger partial charge < -0.3 is 9.47 Å². The first-order chi connectivity index (χ1) is 16.2. The zero-order valence-electron chi connectivity index (χ0n) is 18.7. The van der Waals surface area contributed by atoms with Crippen molar-refractivity contribution in [3.05, 3.63) is 94.5 Å². The molecule has 2 heterocycles. The van der Waals surface area contributed by atoms with Crippen molar-refractivity contribution in [1.82, 2.24) is 5.01 Å². The fourth-order valence-corrected chi connectivity index (χ4v) is 5.83. The van der Waals surface area contributed by atoms with Gasteiger partial charge in [0, 0.05) is 29.8 Å². The number of nitrogens with zero attached hydrogens (tertiary/aromatic N) is 2. The highest BCUT2D eigenvalue weighted by molar-refractivity contribution is 6.30. The second-order valence-electron chi connectivity index (χ2n) is 9.23. The van der Waals surface area contributed by atoms with Crippen LogP contribution in [-0.2, 0) is 0 Å². The first-order valence-electron chi connectivity index (χ1n) is 11.7. The van der Waals surface area contributed by atoms with Gasteiger partial charge in [-0.25, -0.2) is 5.01 Å². The van der Waals surface area contributed by atoms with E-state index in [9.17, 15) is 0 Å². The van der Waals surface area contributed by atoms with Crippen LogP contribution < -0.4 is 9.47 Å². The molecule has 0 bridgehead atoms. The van der Waals surface area contributed by atoms with E-state index in [0.29, 0.717) is 5.92 Å². The maximum Gasteiger partial charge on any atom is 0.198 e. The minimum Gasteiger partial charge on any atom is -0.493 e. The van der Waals surface area contributed by atoms with Gasteiger partial charge in [-0.05, 0) is 48.1 Å². The summed E-state index contributed by atoms with van der Waals surface area (Å²) in [4.78, 5) is 0. The Kier molecular flexibility index (Phi) is 5.06. The zero-order valence-corrected chi connectivity index (χ0v) is 19.5. The molecule has 0 radical (unpaired) electrons. The quantitative estimate of drug-likeness (QED) is 0.426. The molecule has 0 saturated heterocycles. The first kappa shape index (κ1) is 20.6. The lowest BCUT2D eigenvalue weighted by Crippen LogP contribution is -2.55. The van der Waals surface area contributed by atoms with Gasteiger partial charge in [0.2, 0.25) is 0 Å². The van der Waals surface area contributed by atoms with Gasteiger partial charge in [-0.2, -0.15) is 5.10 Å². The van der Waals surface area contributed by atoms with E-state index in [2.05, 4.69) is 53.5 Å². The van der Waals surface area contributed by atoms with Crippen LogP contribution in [0, 0.1) is 0 Å². The van der Waals surface area contributed by atoms with Crippen molar-refractivity contribution in [2.45, 2.75) is 49.8 Å². The number of benzene rings is 3. The number of fused-ring (bicyclic) bond motifs is 4. The lowest BCUT2D eigenvalue weighted by molar-refractivity contribution is -0.143. The Bertz CT molecular complexity index is 1180. The maximum absolute atomic E-state index is 6.86. The van der Waals surface area contributed by atoms with Crippen molar-refractivity contribution in [3.63, 3.8) is 0 Å². The van der Waals surface area contributed by atoms with Gasteiger partial charge in [-0.3, -0.25) is 0 Å². The molecule has 3 aromatic carbocycles. The average molecular weight is 459 g/mol. The summed E-state index contributed by atoms with van der Waals surface area (Å²) in [6.07, 6.45) is 4.85. The molecule has 3 aliphatic rings. The number of para-hydroxylation sites is 1. The Morgan fingerprint density at radius 3 is 2.45 bits per heavy atom. The van der Waals surface area contributed by atoms with E-state index in [-0.39, 0.29) is 6.04 Å². The van der Waals surface area contributed by atoms with Crippen LogP contribution in [0.4, 0.5) is 0 Å². The van der Waals surface area contributed by atoms with Crippen LogP contribution in [0.5, 0.6) is 11.5 Å². The third-order valence-electron chi connectivity index (χ3n) is 7.42. The van der Waals surface area contributed by atoms with E-state index in [1.165, 1.54) is 5.56 Å².